The summed E-state index contributed by atoms with van der Waals surface area (Å²) in [6.07, 6.45) is 0.549. The maximum atomic E-state index is 13.5. The van der Waals surface area contributed by atoms with E-state index in [2.05, 4.69) is 17.9 Å². The summed E-state index contributed by atoms with van der Waals surface area (Å²) in [6, 6.07) is 9.40. The van der Waals surface area contributed by atoms with Crippen LogP contribution in [0, 0.1) is 20.2 Å². The summed E-state index contributed by atoms with van der Waals surface area (Å²) >= 11 is 4.49. The Balaban J connectivity index is 1.10. The number of benzene rings is 2. The van der Waals surface area contributed by atoms with E-state index in [4.69, 9.17) is 9.47 Å². The number of non-ortho nitro benzene ring substituents is 2. The van der Waals surface area contributed by atoms with Crippen molar-refractivity contribution < 1.29 is 38.5 Å². The van der Waals surface area contributed by atoms with Crippen LogP contribution in [0.1, 0.15) is 36.8 Å². The largest absolute Gasteiger partial charge is 0.445 e. The van der Waals surface area contributed by atoms with Gasteiger partial charge in [-0.25, -0.2) is 9.59 Å². The Labute approximate surface area is 274 Å². The van der Waals surface area contributed by atoms with Crippen LogP contribution in [0.15, 0.2) is 48.5 Å². The topological polar surface area (TPSA) is 195 Å². The molecule has 0 radical (unpaired) electrons. The molecule has 0 aliphatic carbocycles. The fourth-order valence-electron chi connectivity index (χ4n) is 5.98. The number of carbonyl (C=O) groups excluding carboxylic acids is 4. The van der Waals surface area contributed by atoms with Crippen molar-refractivity contribution >= 4 is 48.0 Å². The fourth-order valence-corrected chi connectivity index (χ4v) is 6.35. The molecular weight excluding hydrogens is 636 g/mol. The number of ether oxygens (including phenoxy) is 2. The average Bonchev–Trinajstić information content (AvgIpc) is 3.83. The molecule has 47 heavy (non-hydrogen) atoms. The molecule has 2 aromatic carbocycles. The lowest BCUT2D eigenvalue weighted by Crippen LogP contribution is -2.51. The van der Waals surface area contributed by atoms with Crippen LogP contribution in [0.2, 0.25) is 0 Å². The molecule has 3 fully saturated rings. The first-order valence-corrected chi connectivity index (χ1v) is 15.6. The number of nitro groups is 2. The number of nitrogens with zero attached hydrogens (tertiary/aromatic N) is 5. The van der Waals surface area contributed by atoms with Crippen molar-refractivity contribution in [1.82, 2.24) is 20.0 Å². The zero-order valence-electron chi connectivity index (χ0n) is 25.3. The number of rotatable bonds is 9. The summed E-state index contributed by atoms with van der Waals surface area (Å²) in [6.45, 7) is 0.944. The number of hydrogen-bond acceptors (Lipinski definition) is 11. The van der Waals surface area contributed by atoms with Gasteiger partial charge in [-0.05, 0) is 61.1 Å². The first kappa shape index (κ1) is 33.4. The second-order valence-electron chi connectivity index (χ2n) is 11.6. The van der Waals surface area contributed by atoms with Gasteiger partial charge in [0.25, 0.3) is 11.4 Å². The van der Waals surface area contributed by atoms with E-state index in [1.807, 2.05) is 0 Å². The number of carbonyl (C=O) groups is 4. The van der Waals surface area contributed by atoms with Crippen molar-refractivity contribution in [3.05, 3.63) is 79.9 Å². The van der Waals surface area contributed by atoms with Crippen molar-refractivity contribution in [2.75, 3.05) is 26.2 Å². The highest BCUT2D eigenvalue weighted by molar-refractivity contribution is 7.81. The highest BCUT2D eigenvalue weighted by Gasteiger charge is 2.43. The van der Waals surface area contributed by atoms with E-state index in [1.54, 1.807) is 4.90 Å². The molecule has 1 N–H and O–H groups in total. The Morgan fingerprint density at radius 2 is 1.34 bits per heavy atom. The summed E-state index contributed by atoms with van der Waals surface area (Å²) in [5.74, 6) is -0.621. The van der Waals surface area contributed by atoms with Gasteiger partial charge in [0, 0.05) is 61.7 Å². The van der Waals surface area contributed by atoms with Gasteiger partial charge >= 0.3 is 12.2 Å². The Bertz CT molecular complexity index is 1520. The summed E-state index contributed by atoms with van der Waals surface area (Å²) < 4.78 is 10.8. The lowest BCUT2D eigenvalue weighted by atomic mass is 10.1. The maximum absolute atomic E-state index is 13.5. The molecule has 17 heteroatoms. The number of thiol groups is 1. The molecule has 2 aromatic rings. The van der Waals surface area contributed by atoms with Crippen LogP contribution in [-0.2, 0) is 32.3 Å². The first-order chi connectivity index (χ1) is 22.5. The molecule has 3 saturated heterocycles. The molecule has 3 aliphatic heterocycles. The van der Waals surface area contributed by atoms with Crippen LogP contribution in [-0.4, -0.2) is 98.1 Å². The van der Waals surface area contributed by atoms with E-state index in [9.17, 15) is 39.4 Å². The van der Waals surface area contributed by atoms with Crippen LogP contribution in [0.5, 0.6) is 0 Å². The minimum atomic E-state index is -0.785. The third-order valence-electron chi connectivity index (χ3n) is 8.45. The van der Waals surface area contributed by atoms with Gasteiger partial charge in [-0.15, -0.1) is 0 Å². The maximum Gasteiger partial charge on any atom is 0.410 e. The average molecular weight is 671 g/mol. The molecule has 3 heterocycles. The summed E-state index contributed by atoms with van der Waals surface area (Å²) in [5.41, 5.74) is 0.977. The normalized spacial score (nSPS) is 22.2. The van der Waals surface area contributed by atoms with Gasteiger partial charge in [-0.1, -0.05) is 0 Å². The summed E-state index contributed by atoms with van der Waals surface area (Å²) in [7, 11) is 0. The van der Waals surface area contributed by atoms with E-state index < -0.39 is 34.1 Å². The number of nitro benzene ring substituents is 2. The predicted molar refractivity (Wildman–Crippen MR) is 167 cm³/mol. The molecular formula is C30H34N6O10S. The van der Waals surface area contributed by atoms with Crippen molar-refractivity contribution in [3.8, 4) is 0 Å². The number of nitrogens with one attached hydrogen (secondary N) is 1. The van der Waals surface area contributed by atoms with E-state index >= 15 is 0 Å². The van der Waals surface area contributed by atoms with Gasteiger partial charge in [0.05, 0.1) is 9.85 Å². The molecule has 0 aromatic heterocycles. The second-order valence-corrected chi connectivity index (χ2v) is 12.4. The first-order valence-electron chi connectivity index (χ1n) is 15.1. The van der Waals surface area contributed by atoms with Crippen LogP contribution in [0.3, 0.4) is 0 Å². The van der Waals surface area contributed by atoms with Gasteiger partial charge in [0.15, 0.2) is 0 Å². The highest BCUT2D eigenvalue weighted by atomic mass is 32.1. The number of amides is 4. The summed E-state index contributed by atoms with van der Waals surface area (Å²) in [4.78, 5) is 77.4. The zero-order valence-corrected chi connectivity index (χ0v) is 26.2. The monoisotopic (exact) mass is 670 g/mol. The van der Waals surface area contributed by atoms with Gasteiger partial charge in [-0.2, -0.15) is 12.6 Å². The van der Waals surface area contributed by atoms with Crippen molar-refractivity contribution in [3.63, 3.8) is 0 Å². The van der Waals surface area contributed by atoms with E-state index in [0.717, 1.165) is 0 Å². The van der Waals surface area contributed by atoms with Gasteiger partial charge in [0.2, 0.25) is 11.8 Å². The zero-order chi connectivity index (χ0) is 33.7. The number of likely N-dealkylation sites (tertiary alicyclic amines) is 3. The van der Waals surface area contributed by atoms with E-state index in [0.29, 0.717) is 49.9 Å². The fraction of sp³-hybridized carbons (Fsp3) is 0.467. The third kappa shape index (κ3) is 8.08. The molecule has 250 valence electrons. The molecule has 16 nitrogen and oxygen atoms in total. The van der Waals surface area contributed by atoms with Crippen molar-refractivity contribution in [2.24, 2.45) is 0 Å². The molecule has 0 saturated carbocycles. The standard InChI is InChI=1S/C30H34N6O10S/c37-27(25-2-1-12-33(25)29(39)45-17-19-3-7-22(8-4-19)35(41)42)31-21-11-13-32(15-21)28(38)26-14-24(47)16-34(26)30(40)46-18-20-5-9-23(10-6-20)36(43)44/h3-10,21,24-26,47H,1-2,11-18H2,(H,31,37)/t21-,24+,25+,26+/m1/s1. The molecule has 0 spiro atoms. The number of hydrogen-bond donors (Lipinski definition) is 2. The summed E-state index contributed by atoms with van der Waals surface area (Å²) in [5, 5.41) is 24.4. The minimum absolute atomic E-state index is 0.0747. The van der Waals surface area contributed by atoms with E-state index in [-0.39, 0.29) is 60.8 Å². The Morgan fingerprint density at radius 1 is 0.787 bits per heavy atom. The minimum Gasteiger partial charge on any atom is -0.445 e. The Hall–Kier alpha value is -4.93. The molecule has 5 rings (SSSR count). The smallest absolute Gasteiger partial charge is 0.410 e. The van der Waals surface area contributed by atoms with Crippen LogP contribution < -0.4 is 5.32 Å². The molecule has 0 unspecified atom stereocenters. The lowest BCUT2D eigenvalue weighted by Gasteiger charge is -2.28. The second kappa shape index (κ2) is 14.7. The van der Waals surface area contributed by atoms with Gasteiger partial charge in [-0.3, -0.25) is 39.6 Å². The third-order valence-corrected chi connectivity index (χ3v) is 8.83. The van der Waals surface area contributed by atoms with Crippen LogP contribution >= 0.6 is 12.6 Å². The van der Waals surface area contributed by atoms with Crippen molar-refractivity contribution in [2.45, 2.75) is 62.3 Å². The van der Waals surface area contributed by atoms with Crippen LogP contribution in [0.4, 0.5) is 21.0 Å². The Morgan fingerprint density at radius 3 is 1.89 bits per heavy atom. The van der Waals surface area contributed by atoms with Crippen LogP contribution in [0.25, 0.3) is 0 Å². The van der Waals surface area contributed by atoms with Gasteiger partial charge < -0.3 is 19.7 Å². The quantitative estimate of drug-likeness (QED) is 0.227. The molecule has 3 aliphatic rings. The highest BCUT2D eigenvalue weighted by Crippen LogP contribution is 2.27. The van der Waals surface area contributed by atoms with Crippen molar-refractivity contribution in [1.29, 1.82) is 0 Å². The SMILES string of the molecule is O=C(N[C@@H]1CCN(C(=O)[C@@H]2C[C@H](S)CN2C(=O)OCc2ccc([N+](=O)[O-])cc2)C1)[C@@H]1CCCN1C(=O)OCc1ccc([N+](=O)[O-])cc1. The predicted octanol–water partition coefficient (Wildman–Crippen LogP) is 3.03. The lowest BCUT2D eigenvalue weighted by molar-refractivity contribution is -0.385. The van der Waals surface area contributed by atoms with E-state index in [1.165, 1.54) is 58.3 Å². The van der Waals surface area contributed by atoms with Gasteiger partial charge in [0.1, 0.15) is 25.3 Å². The molecule has 4 amide bonds. The Kier molecular flexibility index (Phi) is 10.4. The molecule has 4 atom stereocenters. The molecule has 0 bridgehead atoms.